The van der Waals surface area contributed by atoms with Crippen molar-refractivity contribution in [1.29, 1.82) is 0 Å². The van der Waals surface area contributed by atoms with E-state index in [2.05, 4.69) is 127 Å². The second kappa shape index (κ2) is 14.4. The second-order valence-electron chi connectivity index (χ2n) is 15.0. The van der Waals surface area contributed by atoms with E-state index in [0.717, 1.165) is 67.1 Å². The van der Waals surface area contributed by atoms with E-state index in [4.69, 9.17) is 19.7 Å². The molecule has 3 heterocycles. The third-order valence-corrected chi connectivity index (χ3v) is 11.7. The fraction of sp³-hybridized carbons (Fsp3) is 0.0182. The summed E-state index contributed by atoms with van der Waals surface area (Å²) in [6.07, 6.45) is 9.46. The molecule has 0 saturated carbocycles. The maximum Gasteiger partial charge on any atom is 0.164 e. The minimum absolute atomic E-state index is 0.576. The first kappa shape index (κ1) is 35.2. The van der Waals surface area contributed by atoms with Gasteiger partial charge in [-0.05, 0) is 62.7 Å². The Labute approximate surface area is 348 Å². The lowest BCUT2D eigenvalue weighted by Crippen LogP contribution is -2.32. The van der Waals surface area contributed by atoms with Crippen molar-refractivity contribution in [3.05, 3.63) is 235 Å². The molecule has 0 bridgehead atoms. The maximum atomic E-state index is 7.10. The first-order valence-corrected chi connectivity index (χ1v) is 20.1. The highest BCUT2D eigenvalue weighted by Crippen LogP contribution is 2.62. The van der Waals surface area contributed by atoms with Crippen molar-refractivity contribution in [2.45, 2.75) is 5.41 Å². The molecule has 7 aromatic carbocycles. The Morgan fingerprint density at radius 1 is 0.433 bits per heavy atom. The van der Waals surface area contributed by atoms with Gasteiger partial charge in [-0.1, -0.05) is 183 Å². The monoisotopic (exact) mass is 768 g/mol. The van der Waals surface area contributed by atoms with Crippen LogP contribution in [0.5, 0.6) is 11.5 Å². The summed E-state index contributed by atoms with van der Waals surface area (Å²) in [4.78, 5) is 19.4. The van der Waals surface area contributed by atoms with Crippen LogP contribution >= 0.6 is 0 Å². The van der Waals surface area contributed by atoms with Crippen LogP contribution in [-0.4, -0.2) is 19.9 Å². The third-order valence-electron chi connectivity index (χ3n) is 11.7. The SMILES string of the molecule is C=C/C=C\c1cnccc1-c1ccc(-c2ccc3c(c2)Oc2cc(-c4nc(-c5ccccc5)nc(-c5ccccc5)n4)ccc2C32c3ccccc3-c3ccccc32)cc1. The first-order valence-electron chi connectivity index (χ1n) is 20.1. The zero-order chi connectivity index (χ0) is 40.0. The maximum absolute atomic E-state index is 7.10. The predicted molar refractivity (Wildman–Crippen MR) is 241 cm³/mol. The van der Waals surface area contributed by atoms with Crippen LogP contribution < -0.4 is 4.74 Å². The van der Waals surface area contributed by atoms with Gasteiger partial charge < -0.3 is 4.74 Å². The van der Waals surface area contributed by atoms with E-state index in [1.54, 1.807) is 6.08 Å². The van der Waals surface area contributed by atoms with Crippen LogP contribution in [0.2, 0.25) is 0 Å². The molecule has 60 heavy (non-hydrogen) atoms. The zero-order valence-electron chi connectivity index (χ0n) is 32.5. The highest BCUT2D eigenvalue weighted by Gasteiger charge is 2.51. The van der Waals surface area contributed by atoms with E-state index < -0.39 is 5.41 Å². The van der Waals surface area contributed by atoms with Crippen molar-refractivity contribution in [3.63, 3.8) is 0 Å². The van der Waals surface area contributed by atoms with Gasteiger partial charge >= 0.3 is 0 Å². The third kappa shape index (κ3) is 5.70. The van der Waals surface area contributed by atoms with E-state index >= 15 is 0 Å². The fourth-order valence-corrected chi connectivity index (χ4v) is 8.98. The van der Waals surface area contributed by atoms with Gasteiger partial charge in [-0.15, -0.1) is 0 Å². The van der Waals surface area contributed by atoms with Crippen molar-refractivity contribution < 1.29 is 4.74 Å². The number of hydrogen-bond acceptors (Lipinski definition) is 5. The molecular weight excluding hydrogens is 733 g/mol. The van der Waals surface area contributed by atoms with Gasteiger partial charge in [-0.3, -0.25) is 4.98 Å². The van der Waals surface area contributed by atoms with Crippen LogP contribution in [0.4, 0.5) is 0 Å². The molecule has 1 spiro atoms. The smallest absolute Gasteiger partial charge is 0.164 e. The van der Waals surface area contributed by atoms with Crippen molar-refractivity contribution in [2.24, 2.45) is 0 Å². The molecule has 0 N–H and O–H groups in total. The number of rotatable bonds is 7. The van der Waals surface area contributed by atoms with E-state index in [9.17, 15) is 0 Å². The normalized spacial score (nSPS) is 12.9. The van der Waals surface area contributed by atoms with Gasteiger partial charge in [0.15, 0.2) is 17.5 Å². The van der Waals surface area contributed by atoms with Crippen LogP contribution in [0.15, 0.2) is 207 Å². The Hall–Kier alpha value is -8.02. The summed E-state index contributed by atoms with van der Waals surface area (Å²) in [5, 5.41) is 0. The molecule has 2 aliphatic rings. The second-order valence-corrected chi connectivity index (χ2v) is 15.0. The van der Waals surface area contributed by atoms with Gasteiger partial charge in [0, 0.05) is 45.8 Å². The average molecular weight is 769 g/mol. The summed E-state index contributed by atoms with van der Waals surface area (Å²) in [5.74, 6) is 3.38. The minimum Gasteiger partial charge on any atom is -0.457 e. The average Bonchev–Trinajstić information content (AvgIpc) is 3.61. The number of pyridine rings is 1. The quantitative estimate of drug-likeness (QED) is 0.151. The first-order chi connectivity index (χ1) is 29.7. The van der Waals surface area contributed by atoms with Crippen LogP contribution in [0, 0.1) is 0 Å². The van der Waals surface area contributed by atoms with E-state index in [1.807, 2.05) is 85.2 Å². The van der Waals surface area contributed by atoms with Crippen LogP contribution in [0.25, 0.3) is 73.6 Å². The number of hydrogen-bond donors (Lipinski definition) is 0. The molecule has 1 aliphatic heterocycles. The zero-order valence-corrected chi connectivity index (χ0v) is 32.5. The number of nitrogens with zero attached hydrogens (tertiary/aromatic N) is 4. The molecule has 9 aromatic rings. The van der Waals surface area contributed by atoms with Gasteiger partial charge in [-0.2, -0.15) is 0 Å². The molecule has 0 amide bonds. The molecule has 0 saturated heterocycles. The molecule has 2 aromatic heterocycles. The summed E-state index contributed by atoms with van der Waals surface area (Å²) < 4.78 is 7.10. The lowest BCUT2D eigenvalue weighted by atomic mass is 9.66. The van der Waals surface area contributed by atoms with Crippen molar-refractivity contribution >= 4 is 6.08 Å². The molecular formula is C55H36N4O. The molecule has 0 radical (unpaired) electrons. The van der Waals surface area contributed by atoms with E-state index in [0.29, 0.717) is 17.5 Å². The lowest BCUT2D eigenvalue weighted by Gasteiger charge is -2.39. The van der Waals surface area contributed by atoms with Gasteiger partial charge in [0.05, 0.1) is 5.41 Å². The van der Waals surface area contributed by atoms with Crippen molar-refractivity contribution in [1.82, 2.24) is 19.9 Å². The Morgan fingerprint density at radius 2 is 0.933 bits per heavy atom. The summed E-state index contributed by atoms with van der Waals surface area (Å²) in [6, 6.07) is 61.6. The molecule has 0 atom stereocenters. The largest absolute Gasteiger partial charge is 0.457 e. The Kier molecular flexibility index (Phi) is 8.45. The van der Waals surface area contributed by atoms with E-state index in [1.165, 1.54) is 22.3 Å². The van der Waals surface area contributed by atoms with Crippen molar-refractivity contribution in [2.75, 3.05) is 0 Å². The number of ether oxygens (including phenoxy) is 1. The van der Waals surface area contributed by atoms with Gasteiger partial charge in [0.2, 0.25) is 0 Å². The Balaban J connectivity index is 1.08. The van der Waals surface area contributed by atoms with Gasteiger partial charge in [0.25, 0.3) is 0 Å². The molecule has 11 rings (SSSR count). The number of aromatic nitrogens is 4. The molecule has 282 valence electrons. The molecule has 1 aliphatic carbocycles. The highest BCUT2D eigenvalue weighted by molar-refractivity contribution is 5.89. The topological polar surface area (TPSA) is 60.8 Å². The number of benzene rings is 7. The van der Waals surface area contributed by atoms with Gasteiger partial charge in [-0.25, -0.2) is 15.0 Å². The molecule has 5 nitrogen and oxygen atoms in total. The Bertz CT molecular complexity index is 3030. The van der Waals surface area contributed by atoms with Crippen molar-refractivity contribution in [3.8, 4) is 79.0 Å². The standard InChI is InChI=1S/C55H36N4O/c1-2-3-14-42-35-56-32-31-43(42)37-25-23-36(24-26-37)40-27-29-48-50(33-40)60-51-34-41(28-30-49(51)55(48)46-21-12-10-19-44(46)45-20-11-13-22-47(45)55)54-58-52(38-15-6-4-7-16-38)57-53(59-54)39-17-8-5-9-18-39/h2-35H,1H2/b14-3-. The number of fused-ring (bicyclic) bond motifs is 9. The highest BCUT2D eigenvalue weighted by atomic mass is 16.5. The predicted octanol–water partition coefficient (Wildman–Crippen LogP) is 13.3. The fourth-order valence-electron chi connectivity index (χ4n) is 8.98. The lowest BCUT2D eigenvalue weighted by molar-refractivity contribution is 0.437. The molecule has 0 unspecified atom stereocenters. The minimum atomic E-state index is -0.614. The number of allylic oxidation sites excluding steroid dienone is 2. The van der Waals surface area contributed by atoms with E-state index in [-0.39, 0.29) is 0 Å². The summed E-state index contributed by atoms with van der Waals surface area (Å²) in [5.41, 5.74) is 14.6. The summed E-state index contributed by atoms with van der Waals surface area (Å²) >= 11 is 0. The molecule has 5 heteroatoms. The summed E-state index contributed by atoms with van der Waals surface area (Å²) in [7, 11) is 0. The van der Waals surface area contributed by atoms with Gasteiger partial charge in [0.1, 0.15) is 11.5 Å². The van der Waals surface area contributed by atoms with Crippen LogP contribution in [0.3, 0.4) is 0 Å². The summed E-state index contributed by atoms with van der Waals surface area (Å²) in [6.45, 7) is 3.83. The van der Waals surface area contributed by atoms with Crippen LogP contribution in [0.1, 0.15) is 27.8 Å². The Morgan fingerprint density at radius 3 is 1.53 bits per heavy atom. The molecule has 0 fully saturated rings. The van der Waals surface area contributed by atoms with Crippen LogP contribution in [-0.2, 0) is 5.41 Å².